The fourth-order valence-corrected chi connectivity index (χ4v) is 4.64. The second-order valence-corrected chi connectivity index (χ2v) is 8.88. The summed E-state index contributed by atoms with van der Waals surface area (Å²) in [5.41, 5.74) is 3.93. The molecule has 0 aliphatic rings. The number of carboxylic acids is 1. The van der Waals surface area contributed by atoms with Crippen molar-refractivity contribution in [2.45, 2.75) is 57.8 Å². The molecule has 0 unspecified atom stereocenters. The largest absolute Gasteiger partial charge is 0.496 e. The van der Waals surface area contributed by atoms with Crippen molar-refractivity contribution in [3.05, 3.63) is 64.3 Å². The first-order chi connectivity index (χ1) is 15.9. The predicted molar refractivity (Wildman–Crippen MR) is 133 cm³/mol. The number of rotatable bonds is 13. The van der Waals surface area contributed by atoms with Gasteiger partial charge in [0.2, 0.25) is 0 Å². The van der Waals surface area contributed by atoms with Gasteiger partial charge in [-0.1, -0.05) is 42.6 Å². The smallest absolute Gasteiger partial charge is 0.303 e. The Balaban J connectivity index is 1.64. The standard InChI is InChI=1S/C27H32ClNO4/c1-29-22-17-16-20(28)18-21(22)27(24(30)13-9-15-26(31)32)23(29)12-6-4-3-5-10-19-11-7-8-14-25(19)33-2/h7-8,11,14,16-18H,3-6,9-10,12-13,15H2,1-2H3,(H,31,32). The van der Waals surface area contributed by atoms with Crippen LogP contribution in [0.3, 0.4) is 0 Å². The molecule has 176 valence electrons. The van der Waals surface area contributed by atoms with Crippen LogP contribution < -0.4 is 4.74 Å². The van der Waals surface area contributed by atoms with E-state index in [1.165, 1.54) is 5.56 Å². The SMILES string of the molecule is COc1ccccc1CCCCCCc1c(C(=O)CCCC(=O)O)c2cc(Cl)ccc2n1C. The number of aromatic nitrogens is 1. The van der Waals surface area contributed by atoms with Crippen LogP contribution in [0.25, 0.3) is 10.9 Å². The number of ether oxygens (including phenoxy) is 1. The normalized spacial score (nSPS) is 11.1. The van der Waals surface area contributed by atoms with Crippen LogP contribution >= 0.6 is 11.6 Å². The maximum absolute atomic E-state index is 13.1. The van der Waals surface area contributed by atoms with E-state index in [4.69, 9.17) is 21.4 Å². The number of unbranched alkanes of at least 4 members (excludes halogenated alkanes) is 3. The zero-order valence-corrected chi connectivity index (χ0v) is 20.2. The fourth-order valence-electron chi connectivity index (χ4n) is 4.47. The first kappa shape index (κ1) is 24.8. The van der Waals surface area contributed by atoms with Gasteiger partial charge in [0.25, 0.3) is 0 Å². The molecule has 3 aromatic rings. The Morgan fingerprint density at radius 1 is 0.970 bits per heavy atom. The van der Waals surface area contributed by atoms with Crippen molar-refractivity contribution in [3.8, 4) is 5.75 Å². The van der Waals surface area contributed by atoms with Crippen molar-refractivity contribution in [1.82, 2.24) is 4.57 Å². The third-order valence-corrected chi connectivity index (χ3v) is 6.39. The number of nitrogens with zero attached hydrogens (tertiary/aromatic N) is 1. The molecule has 0 aliphatic carbocycles. The van der Waals surface area contributed by atoms with E-state index >= 15 is 0 Å². The molecule has 1 N–H and O–H groups in total. The molecule has 0 amide bonds. The number of carbonyl (C=O) groups is 2. The van der Waals surface area contributed by atoms with Crippen molar-refractivity contribution >= 4 is 34.3 Å². The van der Waals surface area contributed by atoms with Gasteiger partial charge in [0.05, 0.1) is 7.11 Å². The summed E-state index contributed by atoms with van der Waals surface area (Å²) in [6.07, 6.45) is 6.61. The summed E-state index contributed by atoms with van der Waals surface area (Å²) in [6, 6.07) is 13.8. The average molecular weight is 470 g/mol. The van der Waals surface area contributed by atoms with Gasteiger partial charge in [0.1, 0.15) is 5.75 Å². The number of Topliss-reactive ketones (excluding diaryl/α,β-unsaturated/α-hetero) is 1. The highest BCUT2D eigenvalue weighted by atomic mass is 35.5. The van der Waals surface area contributed by atoms with E-state index in [1.54, 1.807) is 7.11 Å². The van der Waals surface area contributed by atoms with Crippen LogP contribution in [0.15, 0.2) is 42.5 Å². The minimum absolute atomic E-state index is 0.00119. The maximum Gasteiger partial charge on any atom is 0.303 e. The molecule has 0 atom stereocenters. The monoisotopic (exact) mass is 469 g/mol. The molecule has 5 nitrogen and oxygen atoms in total. The molecule has 0 fully saturated rings. The van der Waals surface area contributed by atoms with Gasteiger partial charge >= 0.3 is 5.97 Å². The summed E-state index contributed by atoms with van der Waals surface area (Å²) in [5.74, 6) is 0.0603. The van der Waals surface area contributed by atoms with Gasteiger partial charge in [0.15, 0.2) is 5.78 Å². The van der Waals surface area contributed by atoms with E-state index in [0.717, 1.165) is 60.9 Å². The molecule has 0 bridgehead atoms. The minimum atomic E-state index is -0.878. The molecule has 0 saturated heterocycles. The Bertz CT molecular complexity index is 1120. The Labute approximate surface area is 200 Å². The quantitative estimate of drug-likeness (QED) is 0.225. The number of carboxylic acid groups (broad SMARTS) is 1. The number of carbonyl (C=O) groups excluding carboxylic acids is 1. The van der Waals surface area contributed by atoms with Gasteiger partial charge in [-0.15, -0.1) is 0 Å². The van der Waals surface area contributed by atoms with Crippen LogP contribution in [0.1, 0.15) is 66.6 Å². The van der Waals surface area contributed by atoms with E-state index in [9.17, 15) is 9.59 Å². The van der Waals surface area contributed by atoms with Crippen LogP contribution in [0.5, 0.6) is 5.75 Å². The number of aryl methyl sites for hydroxylation is 2. The first-order valence-electron chi connectivity index (χ1n) is 11.6. The van der Waals surface area contributed by atoms with Gasteiger partial charge in [-0.2, -0.15) is 0 Å². The Morgan fingerprint density at radius 3 is 2.42 bits per heavy atom. The molecule has 2 aromatic carbocycles. The lowest BCUT2D eigenvalue weighted by Gasteiger charge is -2.09. The lowest BCUT2D eigenvalue weighted by atomic mass is 9.98. The highest BCUT2D eigenvalue weighted by Crippen LogP contribution is 2.31. The fraction of sp³-hybridized carbons (Fsp3) is 0.407. The molecule has 0 saturated carbocycles. The van der Waals surface area contributed by atoms with E-state index in [0.29, 0.717) is 17.0 Å². The first-order valence-corrected chi connectivity index (χ1v) is 11.9. The third kappa shape index (κ3) is 6.38. The Kier molecular flexibility index (Phi) is 8.95. The Morgan fingerprint density at radius 2 is 1.70 bits per heavy atom. The molecule has 1 aromatic heterocycles. The van der Waals surface area contributed by atoms with Gasteiger partial charge in [0, 0.05) is 47.1 Å². The highest BCUT2D eigenvalue weighted by Gasteiger charge is 2.21. The molecule has 0 spiro atoms. The second kappa shape index (κ2) is 11.9. The van der Waals surface area contributed by atoms with Crippen molar-refractivity contribution in [1.29, 1.82) is 0 Å². The molecular weight excluding hydrogens is 438 g/mol. The number of fused-ring (bicyclic) bond motifs is 1. The van der Waals surface area contributed by atoms with Crippen molar-refractivity contribution in [3.63, 3.8) is 0 Å². The molecule has 0 aliphatic heterocycles. The number of ketones is 1. The van der Waals surface area contributed by atoms with Crippen LogP contribution in [0.4, 0.5) is 0 Å². The number of benzene rings is 2. The zero-order valence-electron chi connectivity index (χ0n) is 19.4. The van der Waals surface area contributed by atoms with Gasteiger partial charge < -0.3 is 14.4 Å². The summed E-state index contributed by atoms with van der Waals surface area (Å²) >= 11 is 6.23. The zero-order chi connectivity index (χ0) is 23.8. The highest BCUT2D eigenvalue weighted by molar-refractivity contribution is 6.31. The molecule has 0 radical (unpaired) electrons. The lowest BCUT2D eigenvalue weighted by Crippen LogP contribution is -2.07. The maximum atomic E-state index is 13.1. The number of hydrogen-bond donors (Lipinski definition) is 1. The summed E-state index contributed by atoms with van der Waals surface area (Å²) < 4.78 is 7.52. The molecule has 6 heteroatoms. The van der Waals surface area contributed by atoms with Crippen molar-refractivity contribution < 1.29 is 19.4 Å². The predicted octanol–water partition coefficient (Wildman–Crippen LogP) is 6.62. The van der Waals surface area contributed by atoms with E-state index in [1.807, 2.05) is 43.4 Å². The molecule has 33 heavy (non-hydrogen) atoms. The second-order valence-electron chi connectivity index (χ2n) is 8.44. The summed E-state index contributed by atoms with van der Waals surface area (Å²) in [4.78, 5) is 23.9. The van der Waals surface area contributed by atoms with Crippen LogP contribution in [0, 0.1) is 0 Å². The number of hydrogen-bond acceptors (Lipinski definition) is 3. The topological polar surface area (TPSA) is 68.5 Å². The third-order valence-electron chi connectivity index (χ3n) is 6.16. The van der Waals surface area contributed by atoms with E-state index in [-0.39, 0.29) is 18.6 Å². The van der Waals surface area contributed by atoms with Gasteiger partial charge in [-0.05, 0) is 61.9 Å². The lowest BCUT2D eigenvalue weighted by molar-refractivity contribution is -0.137. The Hall–Kier alpha value is -2.79. The average Bonchev–Trinajstić information content (AvgIpc) is 3.06. The van der Waals surface area contributed by atoms with Crippen LogP contribution in [-0.4, -0.2) is 28.5 Å². The summed E-state index contributed by atoms with van der Waals surface area (Å²) in [7, 11) is 3.69. The van der Waals surface area contributed by atoms with Crippen molar-refractivity contribution in [2.24, 2.45) is 7.05 Å². The van der Waals surface area contributed by atoms with E-state index in [2.05, 4.69) is 10.6 Å². The summed E-state index contributed by atoms with van der Waals surface area (Å²) in [6.45, 7) is 0. The number of aliphatic carboxylic acids is 1. The van der Waals surface area contributed by atoms with Crippen molar-refractivity contribution in [2.75, 3.05) is 7.11 Å². The molecule has 3 rings (SSSR count). The number of methoxy groups -OCH3 is 1. The number of halogens is 1. The summed E-state index contributed by atoms with van der Waals surface area (Å²) in [5, 5.41) is 10.4. The minimum Gasteiger partial charge on any atom is -0.496 e. The molecular formula is C27H32ClNO4. The van der Waals surface area contributed by atoms with Crippen LogP contribution in [0.2, 0.25) is 5.02 Å². The van der Waals surface area contributed by atoms with Gasteiger partial charge in [-0.3, -0.25) is 9.59 Å². The molecule has 1 heterocycles. The van der Waals surface area contributed by atoms with E-state index < -0.39 is 5.97 Å². The van der Waals surface area contributed by atoms with Crippen LogP contribution in [-0.2, 0) is 24.7 Å². The number of para-hydroxylation sites is 1. The van der Waals surface area contributed by atoms with Gasteiger partial charge in [-0.25, -0.2) is 0 Å².